The summed E-state index contributed by atoms with van der Waals surface area (Å²) in [6.07, 6.45) is 3.46. The molecular weight excluding hydrogens is 380 g/mol. The van der Waals surface area contributed by atoms with E-state index >= 15 is 0 Å². The lowest BCUT2D eigenvalue weighted by Crippen LogP contribution is -2.38. The molecule has 7 heteroatoms. The molecule has 156 valence electrons. The highest BCUT2D eigenvalue weighted by Gasteiger charge is 2.34. The van der Waals surface area contributed by atoms with Gasteiger partial charge in [0.1, 0.15) is 6.04 Å². The van der Waals surface area contributed by atoms with Crippen LogP contribution in [0.4, 0.5) is 5.69 Å². The molecule has 0 fully saturated rings. The number of carboxylic acid groups (broad SMARTS) is 1. The normalized spacial score (nSPS) is 12.4. The zero-order valence-corrected chi connectivity index (χ0v) is 17.1. The van der Waals surface area contributed by atoms with Crippen molar-refractivity contribution in [3.8, 4) is 11.1 Å². The Balaban J connectivity index is 2.02. The maximum atomic E-state index is 13.5. The van der Waals surface area contributed by atoms with E-state index in [4.69, 9.17) is 5.73 Å². The van der Waals surface area contributed by atoms with Crippen molar-refractivity contribution in [1.82, 2.24) is 9.97 Å². The molecule has 2 aromatic carbocycles. The predicted octanol–water partition coefficient (Wildman–Crippen LogP) is 3.70. The van der Waals surface area contributed by atoms with Gasteiger partial charge >= 0.3 is 5.97 Å². The van der Waals surface area contributed by atoms with Crippen LogP contribution >= 0.6 is 0 Å². The number of hydrogen-bond donors (Lipinski definition) is 4. The molecule has 30 heavy (non-hydrogen) atoms. The summed E-state index contributed by atoms with van der Waals surface area (Å²) in [5, 5.41) is 12.5. The van der Waals surface area contributed by atoms with E-state index < -0.39 is 17.4 Å². The van der Waals surface area contributed by atoms with E-state index in [9.17, 15) is 14.7 Å². The maximum absolute atomic E-state index is 13.5. The van der Waals surface area contributed by atoms with E-state index in [2.05, 4.69) is 15.3 Å². The molecule has 0 aliphatic heterocycles. The molecule has 0 saturated heterocycles. The van der Waals surface area contributed by atoms with Crippen LogP contribution in [0.15, 0.2) is 61.1 Å². The van der Waals surface area contributed by atoms with E-state index in [0.29, 0.717) is 12.1 Å². The topological polar surface area (TPSA) is 121 Å². The SMILES string of the molecule is CC(C)(C[C@H](N)C(=O)O)C(=O)c1cccc(NCc2c[nH]cn2)c1-c1ccccc1. The van der Waals surface area contributed by atoms with Crippen molar-refractivity contribution < 1.29 is 14.7 Å². The highest BCUT2D eigenvalue weighted by molar-refractivity contribution is 6.08. The summed E-state index contributed by atoms with van der Waals surface area (Å²) in [7, 11) is 0. The predicted molar refractivity (Wildman–Crippen MR) is 116 cm³/mol. The number of carboxylic acids is 1. The molecule has 0 saturated carbocycles. The van der Waals surface area contributed by atoms with Crippen molar-refractivity contribution in [2.75, 3.05) is 5.32 Å². The first-order chi connectivity index (χ1) is 14.3. The fourth-order valence-electron chi connectivity index (χ4n) is 3.47. The van der Waals surface area contributed by atoms with Gasteiger partial charge in [0.25, 0.3) is 0 Å². The number of nitrogens with zero attached hydrogens (tertiary/aromatic N) is 1. The van der Waals surface area contributed by atoms with E-state index in [1.807, 2.05) is 42.5 Å². The third kappa shape index (κ3) is 4.75. The Kier molecular flexibility index (Phi) is 6.32. The number of aromatic amines is 1. The number of ketones is 1. The van der Waals surface area contributed by atoms with Crippen LogP contribution in [0.1, 0.15) is 36.3 Å². The van der Waals surface area contributed by atoms with Gasteiger partial charge in [0, 0.05) is 28.4 Å². The minimum absolute atomic E-state index is 0.0420. The van der Waals surface area contributed by atoms with E-state index in [1.54, 1.807) is 32.4 Å². The Bertz CT molecular complexity index is 1010. The molecule has 0 radical (unpaired) electrons. The van der Waals surface area contributed by atoms with Gasteiger partial charge in [-0.1, -0.05) is 56.3 Å². The summed E-state index contributed by atoms with van der Waals surface area (Å²) in [5.74, 6) is -1.27. The lowest BCUT2D eigenvalue weighted by molar-refractivity contribution is -0.139. The highest BCUT2D eigenvalue weighted by atomic mass is 16.4. The minimum Gasteiger partial charge on any atom is -0.480 e. The second-order valence-corrected chi connectivity index (χ2v) is 7.87. The molecule has 0 unspecified atom stereocenters. The van der Waals surface area contributed by atoms with Crippen molar-refractivity contribution in [1.29, 1.82) is 0 Å². The summed E-state index contributed by atoms with van der Waals surface area (Å²) >= 11 is 0. The van der Waals surface area contributed by atoms with Gasteiger partial charge in [-0.3, -0.25) is 9.59 Å². The van der Waals surface area contributed by atoms with Crippen molar-refractivity contribution >= 4 is 17.4 Å². The molecule has 3 aromatic rings. The molecule has 1 heterocycles. The third-order valence-corrected chi connectivity index (χ3v) is 5.05. The van der Waals surface area contributed by atoms with Gasteiger partial charge in [0.2, 0.25) is 0 Å². The van der Waals surface area contributed by atoms with Gasteiger partial charge in [-0.15, -0.1) is 0 Å². The fourth-order valence-corrected chi connectivity index (χ4v) is 3.47. The lowest BCUT2D eigenvalue weighted by atomic mass is 9.77. The summed E-state index contributed by atoms with van der Waals surface area (Å²) in [6.45, 7) is 3.96. The molecular formula is C23H26N4O3. The standard InChI is InChI=1S/C23H26N4O3/c1-23(2,11-18(24)22(29)30)21(28)17-9-6-10-19(26-13-16-12-25-14-27-16)20(17)15-7-4-3-5-8-15/h3-10,12,14,18,26H,11,13,24H2,1-2H3,(H,25,27)(H,29,30)/t18-/m0/s1. The molecule has 1 atom stereocenters. The average molecular weight is 406 g/mol. The van der Waals surface area contributed by atoms with Gasteiger partial charge in [-0.25, -0.2) is 4.98 Å². The highest BCUT2D eigenvalue weighted by Crippen LogP contribution is 2.37. The number of Topliss-reactive ketones (excluding diaryl/α,β-unsaturated/α-hetero) is 1. The number of aliphatic carboxylic acids is 1. The largest absolute Gasteiger partial charge is 0.480 e. The van der Waals surface area contributed by atoms with Crippen LogP contribution in [0, 0.1) is 5.41 Å². The molecule has 0 aliphatic rings. The van der Waals surface area contributed by atoms with Crippen molar-refractivity contribution in [3.05, 3.63) is 72.3 Å². The van der Waals surface area contributed by atoms with E-state index in [1.165, 1.54) is 0 Å². The van der Waals surface area contributed by atoms with Gasteiger partial charge in [-0.05, 0) is 18.1 Å². The Morgan fingerprint density at radius 2 is 1.90 bits per heavy atom. The minimum atomic E-state index is -1.12. The van der Waals surface area contributed by atoms with Crippen molar-refractivity contribution in [2.45, 2.75) is 32.9 Å². The quantitative estimate of drug-likeness (QED) is 0.402. The lowest BCUT2D eigenvalue weighted by Gasteiger charge is -2.27. The molecule has 0 bridgehead atoms. The number of benzene rings is 2. The molecule has 5 N–H and O–H groups in total. The summed E-state index contributed by atoms with van der Waals surface area (Å²) < 4.78 is 0. The number of hydrogen-bond acceptors (Lipinski definition) is 5. The Labute approximate surface area is 175 Å². The van der Waals surface area contributed by atoms with Crippen LogP contribution in [0.3, 0.4) is 0 Å². The number of carbonyl (C=O) groups excluding carboxylic acids is 1. The van der Waals surface area contributed by atoms with Crippen LogP contribution in [0.2, 0.25) is 0 Å². The first kappa shape index (κ1) is 21.3. The maximum Gasteiger partial charge on any atom is 0.320 e. The Hall–Kier alpha value is -3.45. The van der Waals surface area contributed by atoms with Crippen LogP contribution < -0.4 is 11.1 Å². The van der Waals surface area contributed by atoms with Gasteiger partial charge < -0.3 is 21.1 Å². The Morgan fingerprint density at radius 1 is 1.17 bits per heavy atom. The van der Waals surface area contributed by atoms with Gasteiger partial charge in [0.15, 0.2) is 5.78 Å². The zero-order valence-electron chi connectivity index (χ0n) is 17.1. The number of H-pyrrole nitrogens is 1. The number of rotatable bonds is 9. The molecule has 0 aliphatic carbocycles. The van der Waals surface area contributed by atoms with Crippen LogP contribution in [-0.4, -0.2) is 32.9 Å². The van der Waals surface area contributed by atoms with Gasteiger partial charge in [-0.2, -0.15) is 0 Å². The van der Waals surface area contributed by atoms with Crippen molar-refractivity contribution in [2.24, 2.45) is 11.1 Å². The average Bonchev–Trinajstić information content (AvgIpc) is 3.25. The summed E-state index contributed by atoms with van der Waals surface area (Å²) in [6, 6.07) is 14.0. The molecule has 3 rings (SSSR count). The second-order valence-electron chi connectivity index (χ2n) is 7.87. The number of imidazole rings is 1. The smallest absolute Gasteiger partial charge is 0.320 e. The number of carbonyl (C=O) groups is 2. The zero-order chi connectivity index (χ0) is 21.7. The number of anilines is 1. The van der Waals surface area contributed by atoms with Crippen LogP contribution in [0.25, 0.3) is 11.1 Å². The fraction of sp³-hybridized carbons (Fsp3) is 0.261. The van der Waals surface area contributed by atoms with Crippen LogP contribution in [-0.2, 0) is 11.3 Å². The van der Waals surface area contributed by atoms with Crippen molar-refractivity contribution in [3.63, 3.8) is 0 Å². The number of nitrogens with two attached hydrogens (primary N) is 1. The number of aromatic nitrogens is 2. The molecule has 7 nitrogen and oxygen atoms in total. The molecule has 0 amide bonds. The third-order valence-electron chi connectivity index (χ3n) is 5.05. The van der Waals surface area contributed by atoms with Crippen LogP contribution in [0.5, 0.6) is 0 Å². The van der Waals surface area contributed by atoms with Gasteiger partial charge in [0.05, 0.1) is 18.6 Å². The monoisotopic (exact) mass is 406 g/mol. The molecule has 1 aromatic heterocycles. The molecule has 0 spiro atoms. The van der Waals surface area contributed by atoms with E-state index in [0.717, 1.165) is 22.5 Å². The first-order valence-electron chi connectivity index (χ1n) is 9.73. The number of nitrogens with one attached hydrogen (secondary N) is 2. The van der Waals surface area contributed by atoms with E-state index in [-0.39, 0.29) is 12.2 Å². The second kappa shape index (κ2) is 8.92. The Morgan fingerprint density at radius 3 is 2.53 bits per heavy atom. The summed E-state index contributed by atoms with van der Waals surface area (Å²) in [4.78, 5) is 31.9. The summed E-state index contributed by atoms with van der Waals surface area (Å²) in [5.41, 5.74) is 8.62. The first-order valence-corrected chi connectivity index (χ1v) is 9.73.